The van der Waals surface area contributed by atoms with E-state index in [-0.39, 0.29) is 25.1 Å². The van der Waals surface area contributed by atoms with Gasteiger partial charge >= 0.3 is 0 Å². The Morgan fingerprint density at radius 3 is 2.93 bits per heavy atom. The van der Waals surface area contributed by atoms with Crippen LogP contribution in [0, 0.1) is 5.92 Å². The maximum absolute atomic E-state index is 14.0. The average molecular weight is 575 g/mol. The summed E-state index contributed by atoms with van der Waals surface area (Å²) < 4.78 is 7.13. The van der Waals surface area contributed by atoms with Crippen LogP contribution < -0.4 is 20.3 Å². The lowest BCUT2D eigenvalue weighted by Crippen LogP contribution is -2.44. The number of rotatable bonds is 12. The van der Waals surface area contributed by atoms with Crippen LogP contribution in [0.3, 0.4) is 0 Å². The fourth-order valence-electron chi connectivity index (χ4n) is 5.60. The van der Waals surface area contributed by atoms with Crippen molar-refractivity contribution in [2.45, 2.75) is 57.3 Å². The highest BCUT2D eigenvalue weighted by Crippen LogP contribution is 2.47. The van der Waals surface area contributed by atoms with Crippen LogP contribution in [0.5, 0.6) is 5.75 Å². The fourth-order valence-corrected chi connectivity index (χ4v) is 5.60. The highest BCUT2D eigenvalue weighted by molar-refractivity contribution is 6.07. The second kappa shape index (κ2) is 12.8. The van der Waals surface area contributed by atoms with Gasteiger partial charge in [0, 0.05) is 42.9 Å². The van der Waals surface area contributed by atoms with Crippen LogP contribution in [0.4, 0.5) is 11.4 Å². The van der Waals surface area contributed by atoms with Gasteiger partial charge in [-0.05, 0) is 61.7 Å². The van der Waals surface area contributed by atoms with Gasteiger partial charge in [0.1, 0.15) is 5.75 Å². The van der Waals surface area contributed by atoms with Crippen molar-refractivity contribution in [3.05, 3.63) is 77.6 Å². The Morgan fingerprint density at radius 1 is 1.31 bits per heavy atom. The van der Waals surface area contributed by atoms with Crippen LogP contribution >= 0.6 is 0 Å². The molecule has 1 aromatic heterocycles. The Labute approximate surface area is 245 Å². The Balaban J connectivity index is 1.32. The minimum Gasteiger partial charge on any atom is -0.497 e. The largest absolute Gasteiger partial charge is 0.497 e. The van der Waals surface area contributed by atoms with Crippen LogP contribution in [0.25, 0.3) is 0 Å². The maximum Gasteiger partial charge on any atom is 0.264 e. The standard InChI is InChI=1S/C31H38N6O5/c1-21(7-3-4-15-36-20-24(13-16-38)34-35-36)31(41)26-18-25(42-2)11-12-28(26)37(30(31)40)19-22-8-5-9-23(17-22)33-29(39)27-10-6-14-32-27/h3,5,7-9,11-12,17-18,20-21,27,32,38,41H,4,6,10,13-16,19H2,1-2H3,(H,33,39)/b7-3+/t21-,27+,31+/m0/s1. The van der Waals surface area contributed by atoms with Crippen LogP contribution in [0.2, 0.25) is 0 Å². The van der Waals surface area contributed by atoms with Crippen molar-refractivity contribution in [1.29, 1.82) is 0 Å². The number of nitrogens with zero attached hydrogens (tertiary/aromatic N) is 4. The topological polar surface area (TPSA) is 142 Å². The number of hydrogen-bond acceptors (Lipinski definition) is 8. The van der Waals surface area contributed by atoms with Gasteiger partial charge in [-0.15, -0.1) is 5.10 Å². The summed E-state index contributed by atoms with van der Waals surface area (Å²) >= 11 is 0. The van der Waals surface area contributed by atoms with Gasteiger partial charge in [-0.25, -0.2) is 0 Å². The van der Waals surface area contributed by atoms with E-state index < -0.39 is 17.4 Å². The molecule has 0 unspecified atom stereocenters. The number of nitrogens with one attached hydrogen (secondary N) is 2. The van der Waals surface area contributed by atoms with E-state index in [9.17, 15) is 14.7 Å². The summed E-state index contributed by atoms with van der Waals surface area (Å²) in [6.07, 6.45) is 8.45. The average Bonchev–Trinajstić information content (AvgIpc) is 3.74. The van der Waals surface area contributed by atoms with E-state index in [1.165, 1.54) is 0 Å². The third-order valence-corrected chi connectivity index (χ3v) is 7.95. The Bertz CT molecular complexity index is 1450. The number of fused-ring (bicyclic) bond motifs is 1. The number of benzene rings is 2. The second-order valence-corrected chi connectivity index (χ2v) is 10.8. The molecule has 2 amide bonds. The van der Waals surface area contributed by atoms with Gasteiger partial charge in [0.15, 0.2) is 5.60 Å². The number of allylic oxidation sites excluding steroid dienone is 1. The first-order valence-corrected chi connectivity index (χ1v) is 14.4. The number of ether oxygens (including phenoxy) is 1. The molecule has 2 aromatic carbocycles. The molecule has 42 heavy (non-hydrogen) atoms. The van der Waals surface area contributed by atoms with Crippen molar-refractivity contribution in [2.75, 3.05) is 30.5 Å². The molecular formula is C31H38N6O5. The molecule has 2 aliphatic heterocycles. The quantitative estimate of drug-likeness (QED) is 0.242. The number of aromatic nitrogens is 3. The van der Waals surface area contributed by atoms with Gasteiger partial charge in [-0.2, -0.15) is 0 Å². The summed E-state index contributed by atoms with van der Waals surface area (Å²) in [6, 6.07) is 12.5. The first kappa shape index (κ1) is 29.4. The molecule has 11 nitrogen and oxygen atoms in total. The number of aliphatic hydroxyl groups is 2. The van der Waals surface area contributed by atoms with Crippen LogP contribution in [-0.4, -0.2) is 63.3 Å². The molecule has 0 radical (unpaired) electrons. The first-order chi connectivity index (χ1) is 20.3. The zero-order chi connectivity index (χ0) is 29.7. The van der Waals surface area contributed by atoms with Crippen molar-refractivity contribution >= 4 is 23.2 Å². The van der Waals surface area contributed by atoms with Gasteiger partial charge in [0.05, 0.1) is 31.1 Å². The third-order valence-electron chi connectivity index (χ3n) is 7.95. The summed E-state index contributed by atoms with van der Waals surface area (Å²) in [5.41, 5.74) is 1.53. The molecule has 1 fully saturated rings. The van der Waals surface area contributed by atoms with Crippen molar-refractivity contribution in [3.63, 3.8) is 0 Å². The monoisotopic (exact) mass is 574 g/mol. The van der Waals surface area contributed by atoms with Crippen LogP contribution in [0.1, 0.15) is 43.0 Å². The molecule has 4 N–H and O–H groups in total. The predicted octanol–water partition coefficient (Wildman–Crippen LogP) is 2.53. The zero-order valence-corrected chi connectivity index (χ0v) is 24.0. The van der Waals surface area contributed by atoms with Gasteiger partial charge in [0.25, 0.3) is 5.91 Å². The molecule has 5 rings (SSSR count). The molecule has 1 saturated heterocycles. The molecule has 3 heterocycles. The van der Waals surface area contributed by atoms with E-state index >= 15 is 0 Å². The molecule has 0 bridgehead atoms. The smallest absolute Gasteiger partial charge is 0.264 e. The van der Waals surface area contributed by atoms with Crippen molar-refractivity contribution in [1.82, 2.24) is 20.3 Å². The van der Waals surface area contributed by atoms with E-state index in [2.05, 4.69) is 20.9 Å². The summed E-state index contributed by atoms with van der Waals surface area (Å²) in [7, 11) is 1.55. The first-order valence-electron chi connectivity index (χ1n) is 14.4. The number of amides is 2. The van der Waals surface area contributed by atoms with E-state index in [1.54, 1.807) is 41.1 Å². The lowest BCUT2D eigenvalue weighted by Gasteiger charge is -2.28. The zero-order valence-electron chi connectivity index (χ0n) is 24.0. The van der Waals surface area contributed by atoms with Crippen molar-refractivity contribution < 1.29 is 24.5 Å². The van der Waals surface area contributed by atoms with E-state index in [4.69, 9.17) is 9.84 Å². The van der Waals surface area contributed by atoms with Crippen LogP contribution in [-0.2, 0) is 34.7 Å². The minimum absolute atomic E-state index is 0.0200. The van der Waals surface area contributed by atoms with Gasteiger partial charge in [-0.1, -0.05) is 36.4 Å². The second-order valence-electron chi connectivity index (χ2n) is 10.8. The van der Waals surface area contributed by atoms with E-state index in [1.807, 2.05) is 43.3 Å². The molecule has 0 saturated carbocycles. The third kappa shape index (κ3) is 6.08. The molecule has 222 valence electrons. The van der Waals surface area contributed by atoms with Gasteiger partial charge in [0.2, 0.25) is 5.91 Å². The molecule has 3 atom stereocenters. The number of hydrogen-bond donors (Lipinski definition) is 4. The lowest BCUT2D eigenvalue weighted by molar-refractivity contribution is -0.139. The highest BCUT2D eigenvalue weighted by atomic mass is 16.5. The highest BCUT2D eigenvalue weighted by Gasteiger charge is 2.52. The number of aryl methyl sites for hydroxylation is 1. The van der Waals surface area contributed by atoms with E-state index in [0.29, 0.717) is 42.1 Å². The minimum atomic E-state index is -1.79. The summed E-state index contributed by atoms with van der Waals surface area (Å²) in [4.78, 5) is 28.2. The molecule has 0 spiro atoms. The Morgan fingerprint density at radius 2 is 2.17 bits per heavy atom. The van der Waals surface area contributed by atoms with E-state index in [0.717, 1.165) is 30.6 Å². The maximum atomic E-state index is 14.0. The predicted molar refractivity (Wildman–Crippen MR) is 158 cm³/mol. The number of carbonyl (C=O) groups excluding carboxylic acids is 2. The molecular weight excluding hydrogens is 536 g/mol. The van der Waals surface area contributed by atoms with Gasteiger partial charge in [-0.3, -0.25) is 14.3 Å². The fraction of sp³-hybridized carbons (Fsp3) is 0.419. The van der Waals surface area contributed by atoms with Crippen LogP contribution in [0.15, 0.2) is 60.8 Å². The Hall–Kier alpha value is -4.06. The summed E-state index contributed by atoms with van der Waals surface area (Å²) in [6.45, 7) is 3.48. The molecule has 2 aliphatic rings. The summed E-state index contributed by atoms with van der Waals surface area (Å²) in [5, 5.41) is 35.4. The van der Waals surface area contributed by atoms with Crippen molar-refractivity contribution in [3.8, 4) is 5.75 Å². The van der Waals surface area contributed by atoms with Gasteiger partial charge < -0.3 is 30.5 Å². The number of methoxy groups -OCH3 is 1. The molecule has 3 aromatic rings. The molecule has 11 heteroatoms. The number of aliphatic hydroxyl groups excluding tert-OH is 1. The normalized spacial score (nSPS) is 20.7. The van der Waals surface area contributed by atoms with Crippen molar-refractivity contribution in [2.24, 2.45) is 5.92 Å². The Kier molecular flexibility index (Phi) is 9.00. The lowest BCUT2D eigenvalue weighted by atomic mass is 9.83. The molecule has 0 aliphatic carbocycles. The summed E-state index contributed by atoms with van der Waals surface area (Å²) in [5.74, 6) is -0.472. The number of anilines is 2. The number of carbonyl (C=O) groups is 2. The SMILES string of the molecule is COc1ccc2c(c1)[C@](O)([C@@H](C)/C=C/CCn1cc(CCO)nn1)C(=O)N2Cc1cccc(NC(=O)[C@H]2CCCN2)c1.